The Morgan fingerprint density at radius 1 is 0.629 bits per heavy atom. The van der Waals surface area contributed by atoms with Crippen molar-refractivity contribution < 1.29 is 20.4 Å². The summed E-state index contributed by atoms with van der Waals surface area (Å²) >= 11 is 0. The number of nitrogens with one attached hydrogen (secondary N) is 2. The maximum absolute atomic E-state index is 6.65. The zero-order chi connectivity index (χ0) is 23.4. The molecule has 6 rings (SSSR count). The Morgan fingerprint density at radius 2 is 1.29 bits per heavy atom. The van der Waals surface area contributed by atoms with Gasteiger partial charge in [0, 0.05) is 37.2 Å². The van der Waals surface area contributed by atoms with Crippen LogP contribution < -0.4 is 22.9 Å². The van der Waals surface area contributed by atoms with Gasteiger partial charge in [0.1, 0.15) is 0 Å². The van der Waals surface area contributed by atoms with Crippen LogP contribution in [0.25, 0.3) is 57.5 Å². The van der Waals surface area contributed by atoms with Crippen molar-refractivity contribution in [1.29, 1.82) is 0 Å². The molecule has 2 aliphatic rings. The van der Waals surface area contributed by atoms with Crippen LogP contribution in [0.5, 0.6) is 0 Å². The van der Waals surface area contributed by atoms with Gasteiger partial charge in [0.15, 0.2) is 0 Å². The number of hydrogen-bond acceptors (Lipinski definition) is 6. The van der Waals surface area contributed by atoms with Gasteiger partial charge in [0.25, 0.3) is 0 Å². The summed E-state index contributed by atoms with van der Waals surface area (Å²) in [5, 5.41) is 0. The first-order valence-corrected chi connectivity index (χ1v) is 10.8. The first kappa shape index (κ1) is 22.5. The van der Waals surface area contributed by atoms with Crippen LogP contribution in [-0.2, 0) is 20.4 Å². The fourth-order valence-corrected chi connectivity index (χ4v) is 4.24. The van der Waals surface area contributed by atoms with Gasteiger partial charge >= 0.3 is 0 Å². The van der Waals surface area contributed by atoms with Crippen molar-refractivity contribution in [2.75, 3.05) is 22.9 Å². The number of hydrogen-bond donors (Lipinski definition) is 6. The van der Waals surface area contributed by atoms with E-state index in [1.807, 2.05) is 72.8 Å². The average Bonchev–Trinajstić information content (AvgIpc) is 3.64. The van der Waals surface area contributed by atoms with Crippen molar-refractivity contribution in [3.63, 3.8) is 0 Å². The number of anilines is 4. The molecule has 0 saturated carbocycles. The molecule has 10 N–H and O–H groups in total. The minimum Gasteiger partial charge on any atom is -0.399 e. The topological polar surface area (TPSA) is 161 Å². The number of benzene rings is 1. The fraction of sp³-hybridized carbons (Fsp3) is 0. The molecule has 8 nitrogen and oxygen atoms in total. The summed E-state index contributed by atoms with van der Waals surface area (Å²) in [4.78, 5) is 16.1. The van der Waals surface area contributed by atoms with Crippen LogP contribution in [0, 0.1) is 0 Å². The van der Waals surface area contributed by atoms with E-state index in [0.29, 0.717) is 45.3 Å². The summed E-state index contributed by atoms with van der Waals surface area (Å²) in [5.41, 5.74) is 35.3. The van der Waals surface area contributed by atoms with Crippen LogP contribution in [0.3, 0.4) is 0 Å². The molecule has 0 spiro atoms. The third kappa shape index (κ3) is 3.87. The molecule has 0 atom stereocenters. The molecule has 4 aromatic rings. The van der Waals surface area contributed by atoms with Gasteiger partial charge in [-0.05, 0) is 66.3 Å². The minimum atomic E-state index is 0. The molecule has 0 aliphatic carbocycles. The summed E-state index contributed by atoms with van der Waals surface area (Å²) in [7, 11) is 0. The SMILES string of the molecule is Nc1cccc(-c2cc3cc4nc(c(N)c5ccc([nH]5)c(N)c5nc(c(N)c2[nH]3)C=C5)C=C4)c1.[Re]. The molecule has 1 aromatic carbocycles. The van der Waals surface area contributed by atoms with Crippen LogP contribution in [0.4, 0.5) is 22.7 Å². The van der Waals surface area contributed by atoms with Gasteiger partial charge in [0.05, 0.1) is 56.4 Å². The van der Waals surface area contributed by atoms with Gasteiger partial charge in [-0.2, -0.15) is 0 Å². The molecule has 35 heavy (non-hydrogen) atoms. The van der Waals surface area contributed by atoms with E-state index in [0.717, 1.165) is 33.4 Å². The number of H-pyrrole nitrogens is 2. The minimum absolute atomic E-state index is 0. The number of nitrogen functional groups attached to an aromatic ring is 4. The van der Waals surface area contributed by atoms with E-state index < -0.39 is 0 Å². The molecule has 9 heteroatoms. The Hall–Kier alpha value is -4.32. The van der Waals surface area contributed by atoms with Crippen LogP contribution in [0.15, 0.2) is 48.5 Å². The maximum Gasteiger partial charge on any atom is 0.0889 e. The Kier molecular flexibility index (Phi) is 5.44. The Balaban J connectivity index is 0.00000253. The molecule has 0 fully saturated rings. The summed E-state index contributed by atoms with van der Waals surface area (Å²) in [6, 6.07) is 15.4. The van der Waals surface area contributed by atoms with Gasteiger partial charge in [-0.15, -0.1) is 0 Å². The fourth-order valence-electron chi connectivity index (χ4n) is 4.24. The van der Waals surface area contributed by atoms with Crippen molar-refractivity contribution >= 4 is 69.1 Å². The van der Waals surface area contributed by atoms with Crippen molar-refractivity contribution in [3.05, 3.63) is 71.3 Å². The largest absolute Gasteiger partial charge is 0.399 e. The van der Waals surface area contributed by atoms with Crippen LogP contribution in [0.2, 0.25) is 0 Å². The second-order valence-electron chi connectivity index (χ2n) is 8.28. The molecular weight excluding hydrogens is 611 g/mol. The molecule has 1 radical (unpaired) electrons. The number of nitrogens with zero attached hydrogens (tertiary/aromatic N) is 2. The van der Waals surface area contributed by atoms with Gasteiger partial charge in [0.2, 0.25) is 0 Å². The summed E-state index contributed by atoms with van der Waals surface area (Å²) < 4.78 is 0. The van der Waals surface area contributed by atoms with Gasteiger partial charge in [-0.25, -0.2) is 9.97 Å². The number of nitrogens with two attached hydrogens (primary N) is 4. The van der Waals surface area contributed by atoms with E-state index in [1.165, 1.54) is 0 Å². The second-order valence-corrected chi connectivity index (χ2v) is 8.28. The van der Waals surface area contributed by atoms with E-state index >= 15 is 0 Å². The smallest absolute Gasteiger partial charge is 0.0889 e. The van der Waals surface area contributed by atoms with Gasteiger partial charge in [-0.3, -0.25) is 0 Å². The predicted molar refractivity (Wildman–Crippen MR) is 142 cm³/mol. The molecular formula is C26H22N8Re. The third-order valence-corrected chi connectivity index (χ3v) is 6.00. The Morgan fingerprint density at radius 3 is 2.00 bits per heavy atom. The quantitative estimate of drug-likeness (QED) is 0.145. The molecule has 2 aliphatic heterocycles. The predicted octanol–water partition coefficient (Wildman–Crippen LogP) is 4.65. The molecule has 0 saturated heterocycles. The number of aromatic nitrogens is 4. The van der Waals surface area contributed by atoms with Crippen molar-refractivity contribution in [2.24, 2.45) is 0 Å². The average molecular weight is 633 g/mol. The summed E-state index contributed by atoms with van der Waals surface area (Å²) in [6.07, 6.45) is 7.52. The van der Waals surface area contributed by atoms with Crippen molar-refractivity contribution in [1.82, 2.24) is 19.9 Å². The molecule has 173 valence electrons. The second kappa shape index (κ2) is 8.47. The molecule has 0 unspecified atom stereocenters. The number of rotatable bonds is 1. The first-order chi connectivity index (χ1) is 16.5. The number of fused-ring (bicyclic) bond motifs is 8. The zero-order valence-corrected chi connectivity index (χ0v) is 21.2. The Bertz CT molecular complexity index is 1710. The Labute approximate surface area is 214 Å². The number of aromatic amines is 2. The van der Waals surface area contributed by atoms with E-state index in [2.05, 4.69) is 15.0 Å². The standard InChI is InChI=1S/C26H22N8.Re/c27-14-3-1-2-13(10-14)17-12-16-11-15-4-5-18(31-15)23(28)19-6-7-20(33-19)24(29)21-8-9-22(34-21)25(30)26(17)32-16;/h1-12,32-33H,27-30H2;. The first-order valence-electron chi connectivity index (χ1n) is 10.8. The van der Waals surface area contributed by atoms with Gasteiger partial charge < -0.3 is 32.9 Å². The monoisotopic (exact) mass is 633 g/mol. The molecule has 8 bridgehead atoms. The summed E-state index contributed by atoms with van der Waals surface area (Å²) in [6.45, 7) is 0. The van der Waals surface area contributed by atoms with E-state index in [1.54, 1.807) is 0 Å². The van der Waals surface area contributed by atoms with Crippen LogP contribution in [-0.4, -0.2) is 19.9 Å². The third-order valence-electron chi connectivity index (χ3n) is 6.00. The molecule has 5 heterocycles. The van der Waals surface area contributed by atoms with Gasteiger partial charge in [-0.1, -0.05) is 12.1 Å². The molecule has 0 amide bonds. The zero-order valence-electron chi connectivity index (χ0n) is 18.5. The maximum atomic E-state index is 6.65. The van der Waals surface area contributed by atoms with Crippen LogP contribution >= 0.6 is 0 Å². The van der Waals surface area contributed by atoms with Crippen LogP contribution in [0.1, 0.15) is 22.8 Å². The van der Waals surface area contributed by atoms with E-state index in [9.17, 15) is 0 Å². The summed E-state index contributed by atoms with van der Waals surface area (Å²) in [5.74, 6) is 0. The van der Waals surface area contributed by atoms with E-state index in [-0.39, 0.29) is 20.4 Å². The van der Waals surface area contributed by atoms with Crippen molar-refractivity contribution in [2.45, 2.75) is 0 Å². The van der Waals surface area contributed by atoms with E-state index in [4.69, 9.17) is 27.9 Å². The molecule has 3 aromatic heterocycles. The van der Waals surface area contributed by atoms with Crippen molar-refractivity contribution in [3.8, 4) is 11.1 Å². The normalized spacial score (nSPS) is 12.0.